The molecule has 3 rings (SSSR count). The van der Waals surface area contributed by atoms with Gasteiger partial charge in [0.15, 0.2) is 5.69 Å². The molecule has 0 radical (unpaired) electrons. The van der Waals surface area contributed by atoms with E-state index in [1.807, 2.05) is 30.7 Å². The van der Waals surface area contributed by atoms with Crippen LogP contribution in [0.4, 0.5) is 0 Å². The molecule has 1 aliphatic rings. The van der Waals surface area contributed by atoms with Crippen LogP contribution in [-0.4, -0.2) is 56.9 Å². The number of nitrogens with zero attached hydrogens (tertiary/aromatic N) is 5. The zero-order valence-corrected chi connectivity index (χ0v) is 14.4. The normalized spacial score (nSPS) is 18.7. The van der Waals surface area contributed by atoms with Gasteiger partial charge < -0.3 is 9.32 Å². The van der Waals surface area contributed by atoms with Gasteiger partial charge in [-0.1, -0.05) is 5.21 Å². The number of amides is 1. The molecule has 1 aliphatic heterocycles. The summed E-state index contributed by atoms with van der Waals surface area (Å²) in [5.41, 5.74) is 0.432. The Kier molecular flexibility index (Phi) is 5.30. The molecule has 7 nitrogen and oxygen atoms in total. The Morgan fingerprint density at radius 1 is 1.42 bits per heavy atom. The first kappa shape index (κ1) is 16.7. The van der Waals surface area contributed by atoms with Crippen molar-refractivity contribution >= 4 is 5.91 Å². The highest BCUT2D eigenvalue weighted by atomic mass is 16.3. The van der Waals surface area contributed by atoms with Crippen molar-refractivity contribution in [1.29, 1.82) is 0 Å². The minimum atomic E-state index is -0.0468. The van der Waals surface area contributed by atoms with Crippen molar-refractivity contribution in [2.45, 2.75) is 39.3 Å². The second-order valence-electron chi connectivity index (χ2n) is 6.17. The Bertz CT molecular complexity index is 648. The zero-order valence-electron chi connectivity index (χ0n) is 14.4. The summed E-state index contributed by atoms with van der Waals surface area (Å²) in [5, 5.41) is 8.31. The molecule has 3 heterocycles. The summed E-state index contributed by atoms with van der Waals surface area (Å²) in [5.74, 6) is 0.932. The molecule has 2 aromatic rings. The average Bonchev–Trinajstić information content (AvgIpc) is 3.28. The molecule has 0 bridgehead atoms. The number of furan rings is 1. The van der Waals surface area contributed by atoms with Crippen molar-refractivity contribution in [3.63, 3.8) is 0 Å². The van der Waals surface area contributed by atoms with Gasteiger partial charge in [0.2, 0.25) is 0 Å². The number of hydrogen-bond donors (Lipinski definition) is 0. The smallest absolute Gasteiger partial charge is 0.276 e. The minimum absolute atomic E-state index is 0.0468. The van der Waals surface area contributed by atoms with Crippen LogP contribution in [0.3, 0.4) is 0 Å². The molecule has 1 atom stereocenters. The largest absolute Gasteiger partial charge is 0.468 e. The topological polar surface area (TPSA) is 67.4 Å². The van der Waals surface area contributed by atoms with E-state index in [9.17, 15) is 4.79 Å². The number of rotatable bonds is 6. The quantitative estimate of drug-likeness (QED) is 0.812. The van der Waals surface area contributed by atoms with Gasteiger partial charge in [-0.05, 0) is 45.4 Å². The van der Waals surface area contributed by atoms with Crippen molar-refractivity contribution in [2.75, 3.05) is 26.2 Å². The lowest BCUT2D eigenvalue weighted by atomic mass is 10.1. The van der Waals surface area contributed by atoms with Crippen LogP contribution in [0.1, 0.15) is 49.0 Å². The van der Waals surface area contributed by atoms with Crippen molar-refractivity contribution in [1.82, 2.24) is 24.8 Å². The number of hydrogen-bond acceptors (Lipinski definition) is 5. The Labute approximate surface area is 142 Å². The van der Waals surface area contributed by atoms with Crippen LogP contribution in [0, 0.1) is 0 Å². The molecule has 1 saturated heterocycles. The maximum Gasteiger partial charge on any atom is 0.276 e. The molecular formula is C17H25N5O2. The molecular weight excluding hydrogens is 306 g/mol. The third-order valence-electron chi connectivity index (χ3n) is 4.59. The van der Waals surface area contributed by atoms with Crippen molar-refractivity contribution in [2.24, 2.45) is 0 Å². The molecule has 24 heavy (non-hydrogen) atoms. The highest BCUT2D eigenvalue weighted by Gasteiger charge is 2.24. The first-order valence-corrected chi connectivity index (χ1v) is 8.67. The van der Waals surface area contributed by atoms with Crippen molar-refractivity contribution in [3.8, 4) is 0 Å². The monoisotopic (exact) mass is 331 g/mol. The van der Waals surface area contributed by atoms with Gasteiger partial charge in [-0.3, -0.25) is 9.69 Å². The number of likely N-dealkylation sites (tertiary alicyclic amines) is 1. The number of piperidine rings is 1. The van der Waals surface area contributed by atoms with Gasteiger partial charge in [-0.2, -0.15) is 0 Å². The van der Waals surface area contributed by atoms with Crippen LogP contribution < -0.4 is 0 Å². The van der Waals surface area contributed by atoms with E-state index < -0.39 is 0 Å². The SMILES string of the molecule is CCN(CC)C(=O)c1cn([C@@H]2CCCN(Cc3ccco3)C2)nn1. The molecule has 1 fully saturated rings. The molecule has 0 aromatic carbocycles. The molecule has 1 amide bonds. The molecule has 0 spiro atoms. The fourth-order valence-electron chi connectivity index (χ4n) is 3.24. The molecule has 0 unspecified atom stereocenters. The van der Waals surface area contributed by atoms with Crippen LogP contribution in [0.25, 0.3) is 0 Å². The Hall–Kier alpha value is -2.15. The first-order chi connectivity index (χ1) is 11.7. The van der Waals surface area contributed by atoms with Crippen LogP contribution in [0.15, 0.2) is 29.0 Å². The van der Waals surface area contributed by atoms with Crippen molar-refractivity contribution in [3.05, 3.63) is 36.0 Å². The second-order valence-corrected chi connectivity index (χ2v) is 6.17. The Morgan fingerprint density at radius 3 is 2.96 bits per heavy atom. The summed E-state index contributed by atoms with van der Waals surface area (Å²) < 4.78 is 7.29. The molecule has 0 aliphatic carbocycles. The van der Waals surface area contributed by atoms with Crippen LogP contribution in [0.5, 0.6) is 0 Å². The number of aromatic nitrogens is 3. The molecule has 0 N–H and O–H groups in total. The molecule has 2 aromatic heterocycles. The third kappa shape index (κ3) is 3.67. The van der Waals surface area contributed by atoms with Gasteiger partial charge in [-0.25, -0.2) is 4.68 Å². The average molecular weight is 331 g/mol. The maximum atomic E-state index is 12.4. The Balaban J connectivity index is 1.65. The third-order valence-corrected chi connectivity index (χ3v) is 4.59. The van der Waals surface area contributed by atoms with Gasteiger partial charge >= 0.3 is 0 Å². The maximum absolute atomic E-state index is 12.4. The lowest BCUT2D eigenvalue weighted by molar-refractivity contribution is 0.0767. The highest BCUT2D eigenvalue weighted by Crippen LogP contribution is 2.22. The number of carbonyl (C=O) groups excluding carboxylic acids is 1. The van der Waals surface area contributed by atoms with E-state index in [2.05, 4.69) is 15.2 Å². The molecule has 130 valence electrons. The second kappa shape index (κ2) is 7.61. The van der Waals surface area contributed by atoms with E-state index in [0.717, 1.165) is 38.2 Å². The van der Waals surface area contributed by atoms with E-state index in [1.54, 1.807) is 17.4 Å². The summed E-state index contributed by atoms with van der Waals surface area (Å²) >= 11 is 0. The van der Waals surface area contributed by atoms with Gasteiger partial charge in [0, 0.05) is 19.6 Å². The van der Waals surface area contributed by atoms with Crippen LogP contribution >= 0.6 is 0 Å². The molecule has 0 saturated carbocycles. The summed E-state index contributed by atoms with van der Waals surface area (Å²) in [6.07, 6.45) is 5.66. The Morgan fingerprint density at radius 2 is 2.25 bits per heavy atom. The van der Waals surface area contributed by atoms with Gasteiger partial charge in [0.25, 0.3) is 5.91 Å². The van der Waals surface area contributed by atoms with E-state index in [1.165, 1.54) is 0 Å². The molecule has 7 heteroatoms. The van der Waals surface area contributed by atoms with Gasteiger partial charge in [0.05, 0.1) is 25.0 Å². The fraction of sp³-hybridized carbons (Fsp3) is 0.588. The van der Waals surface area contributed by atoms with Gasteiger partial charge in [-0.15, -0.1) is 5.10 Å². The fourth-order valence-corrected chi connectivity index (χ4v) is 3.24. The van der Waals surface area contributed by atoms with E-state index in [-0.39, 0.29) is 11.9 Å². The first-order valence-electron chi connectivity index (χ1n) is 8.67. The van der Waals surface area contributed by atoms with Crippen LogP contribution in [0.2, 0.25) is 0 Å². The lowest BCUT2D eigenvalue weighted by Gasteiger charge is -2.31. The van der Waals surface area contributed by atoms with E-state index in [0.29, 0.717) is 18.8 Å². The minimum Gasteiger partial charge on any atom is -0.468 e. The van der Waals surface area contributed by atoms with Crippen LogP contribution in [-0.2, 0) is 6.54 Å². The van der Waals surface area contributed by atoms with Crippen molar-refractivity contribution < 1.29 is 9.21 Å². The summed E-state index contributed by atoms with van der Waals surface area (Å²) in [6.45, 7) is 8.06. The van der Waals surface area contributed by atoms with E-state index in [4.69, 9.17) is 4.42 Å². The summed E-state index contributed by atoms with van der Waals surface area (Å²) in [6, 6.07) is 4.17. The van der Waals surface area contributed by atoms with Gasteiger partial charge in [0.1, 0.15) is 5.76 Å². The highest BCUT2D eigenvalue weighted by molar-refractivity contribution is 5.91. The van der Waals surface area contributed by atoms with E-state index >= 15 is 0 Å². The zero-order chi connectivity index (χ0) is 16.9. The number of carbonyl (C=O) groups is 1. The predicted molar refractivity (Wildman–Crippen MR) is 89.5 cm³/mol. The predicted octanol–water partition coefficient (Wildman–Crippen LogP) is 2.19. The lowest BCUT2D eigenvalue weighted by Crippen LogP contribution is -2.36. The standard InChI is InChI=1S/C17H25N5O2/c1-3-21(4-2)17(23)16-13-22(19-18-16)14-7-5-9-20(11-14)12-15-8-6-10-24-15/h6,8,10,13-14H,3-5,7,9,11-12H2,1-2H3/t14-/m1/s1. The summed E-state index contributed by atoms with van der Waals surface area (Å²) in [4.78, 5) is 16.5. The summed E-state index contributed by atoms with van der Waals surface area (Å²) in [7, 11) is 0.